The molecule has 1 aliphatic heterocycles. The number of carbonyl (C=O) groups is 1. The second-order valence-corrected chi connectivity index (χ2v) is 7.85. The largest absolute Gasteiger partial charge is 0.378 e. The minimum atomic E-state index is -0.215. The molecule has 1 amide bonds. The number of nitrogens with one attached hydrogen (secondary N) is 1. The number of anilines is 1. The molecular formula is C21H28N4O3. The van der Waals surface area contributed by atoms with E-state index < -0.39 is 0 Å². The SMILES string of the molecule is C[C@@H]1CCCC[C@@H]1NC(=O)Cn1c(=O)c(N2CCOCC2)nc2ccccc21. The molecule has 0 spiro atoms. The smallest absolute Gasteiger partial charge is 0.294 e. The fourth-order valence-corrected chi connectivity index (χ4v) is 4.24. The van der Waals surface area contributed by atoms with Crippen LogP contribution in [0.3, 0.4) is 0 Å². The Labute approximate surface area is 164 Å². The van der Waals surface area contributed by atoms with E-state index in [4.69, 9.17) is 4.74 Å². The van der Waals surface area contributed by atoms with Crippen LogP contribution in [0.1, 0.15) is 32.6 Å². The van der Waals surface area contributed by atoms with Gasteiger partial charge in [0, 0.05) is 19.1 Å². The van der Waals surface area contributed by atoms with E-state index in [1.54, 1.807) is 4.57 Å². The lowest BCUT2D eigenvalue weighted by Gasteiger charge is -2.30. The third-order valence-corrected chi connectivity index (χ3v) is 5.91. The van der Waals surface area contributed by atoms with Crippen LogP contribution < -0.4 is 15.8 Å². The molecule has 150 valence electrons. The number of aromatic nitrogens is 2. The molecule has 1 aromatic heterocycles. The maximum absolute atomic E-state index is 13.2. The number of carbonyl (C=O) groups excluding carboxylic acids is 1. The van der Waals surface area contributed by atoms with Gasteiger partial charge < -0.3 is 15.0 Å². The van der Waals surface area contributed by atoms with Gasteiger partial charge >= 0.3 is 0 Å². The Balaban J connectivity index is 1.64. The fraction of sp³-hybridized carbons (Fsp3) is 0.571. The summed E-state index contributed by atoms with van der Waals surface area (Å²) in [4.78, 5) is 32.6. The molecule has 2 aliphatic rings. The zero-order chi connectivity index (χ0) is 19.5. The van der Waals surface area contributed by atoms with E-state index in [0.29, 0.717) is 43.6 Å². The number of morpholine rings is 1. The molecule has 1 saturated carbocycles. The first-order valence-electron chi connectivity index (χ1n) is 10.2. The molecule has 0 radical (unpaired) electrons. The number of para-hydroxylation sites is 2. The number of benzene rings is 1. The van der Waals surface area contributed by atoms with Gasteiger partial charge in [0.25, 0.3) is 5.56 Å². The Morgan fingerprint density at radius 1 is 1.21 bits per heavy atom. The summed E-state index contributed by atoms with van der Waals surface area (Å²) in [5, 5.41) is 3.16. The molecule has 1 N–H and O–H groups in total. The highest BCUT2D eigenvalue weighted by Crippen LogP contribution is 2.23. The normalized spacial score (nSPS) is 23.0. The van der Waals surface area contributed by atoms with Crippen LogP contribution in [0, 0.1) is 5.92 Å². The number of fused-ring (bicyclic) bond motifs is 1. The Bertz CT molecular complexity index is 904. The second kappa shape index (κ2) is 8.31. The van der Waals surface area contributed by atoms with Crippen molar-refractivity contribution in [2.24, 2.45) is 5.92 Å². The molecule has 1 aliphatic carbocycles. The summed E-state index contributed by atoms with van der Waals surface area (Å²) in [5.74, 6) is 0.776. The molecule has 0 unspecified atom stereocenters. The molecule has 1 aromatic carbocycles. The van der Waals surface area contributed by atoms with E-state index in [2.05, 4.69) is 17.2 Å². The predicted molar refractivity (Wildman–Crippen MR) is 109 cm³/mol. The van der Waals surface area contributed by atoms with Crippen LogP contribution in [0.2, 0.25) is 0 Å². The van der Waals surface area contributed by atoms with Crippen LogP contribution >= 0.6 is 0 Å². The maximum atomic E-state index is 13.2. The van der Waals surface area contributed by atoms with Crippen molar-refractivity contribution < 1.29 is 9.53 Å². The van der Waals surface area contributed by atoms with E-state index in [9.17, 15) is 9.59 Å². The average molecular weight is 384 g/mol. The minimum absolute atomic E-state index is 0.0163. The van der Waals surface area contributed by atoms with Crippen LogP contribution in [0.25, 0.3) is 11.0 Å². The van der Waals surface area contributed by atoms with E-state index in [0.717, 1.165) is 24.8 Å². The first-order valence-corrected chi connectivity index (χ1v) is 10.2. The van der Waals surface area contributed by atoms with Gasteiger partial charge in [0.2, 0.25) is 5.91 Å². The van der Waals surface area contributed by atoms with Gasteiger partial charge in [-0.15, -0.1) is 0 Å². The number of rotatable bonds is 4. The van der Waals surface area contributed by atoms with Crippen LogP contribution in [0.15, 0.2) is 29.1 Å². The topological polar surface area (TPSA) is 76.5 Å². The van der Waals surface area contributed by atoms with Crippen LogP contribution in [0.4, 0.5) is 5.82 Å². The average Bonchev–Trinajstić information content (AvgIpc) is 2.72. The third-order valence-electron chi connectivity index (χ3n) is 5.91. The van der Waals surface area contributed by atoms with Crippen molar-refractivity contribution in [3.05, 3.63) is 34.6 Å². The summed E-state index contributed by atoms with van der Waals surface area (Å²) in [6.07, 6.45) is 4.53. The molecule has 2 aromatic rings. The molecule has 2 fully saturated rings. The van der Waals surface area contributed by atoms with Crippen molar-refractivity contribution in [1.82, 2.24) is 14.9 Å². The number of nitrogens with zero attached hydrogens (tertiary/aromatic N) is 3. The summed E-state index contributed by atoms with van der Waals surface area (Å²) in [6.45, 7) is 4.62. The van der Waals surface area contributed by atoms with Crippen molar-refractivity contribution in [3.63, 3.8) is 0 Å². The van der Waals surface area contributed by atoms with Crippen molar-refractivity contribution in [2.75, 3.05) is 31.2 Å². The zero-order valence-corrected chi connectivity index (χ0v) is 16.4. The minimum Gasteiger partial charge on any atom is -0.378 e. The Hall–Kier alpha value is -2.41. The molecule has 4 rings (SSSR count). The molecule has 2 heterocycles. The first kappa shape index (κ1) is 18.9. The fourth-order valence-electron chi connectivity index (χ4n) is 4.24. The summed E-state index contributed by atoms with van der Waals surface area (Å²) >= 11 is 0. The highest BCUT2D eigenvalue weighted by molar-refractivity contribution is 5.81. The molecular weight excluding hydrogens is 356 g/mol. The Kier molecular flexibility index (Phi) is 5.62. The van der Waals surface area contributed by atoms with Gasteiger partial charge in [-0.3, -0.25) is 14.2 Å². The quantitative estimate of drug-likeness (QED) is 0.872. The lowest BCUT2D eigenvalue weighted by molar-refractivity contribution is -0.122. The summed E-state index contributed by atoms with van der Waals surface area (Å²) in [5.41, 5.74) is 1.20. The molecule has 28 heavy (non-hydrogen) atoms. The monoisotopic (exact) mass is 384 g/mol. The van der Waals surface area contributed by atoms with Crippen molar-refractivity contribution >= 4 is 22.8 Å². The standard InChI is InChI=1S/C21H28N4O3/c1-15-6-2-3-7-16(15)22-19(26)14-25-18-9-5-4-8-17(18)23-20(21(25)27)24-10-12-28-13-11-24/h4-5,8-9,15-16H,2-3,6-7,10-14H2,1H3,(H,22,26)/t15-,16+/m1/s1. The van der Waals surface area contributed by atoms with Crippen molar-refractivity contribution in [1.29, 1.82) is 0 Å². The number of hydrogen-bond donors (Lipinski definition) is 1. The maximum Gasteiger partial charge on any atom is 0.294 e. The van der Waals surface area contributed by atoms with Crippen LogP contribution in [-0.4, -0.2) is 47.8 Å². The summed E-state index contributed by atoms with van der Waals surface area (Å²) < 4.78 is 6.96. The lowest BCUT2D eigenvalue weighted by Crippen LogP contribution is -2.45. The van der Waals surface area contributed by atoms with Gasteiger partial charge in [-0.2, -0.15) is 0 Å². The second-order valence-electron chi connectivity index (χ2n) is 7.85. The van der Waals surface area contributed by atoms with Crippen LogP contribution in [0.5, 0.6) is 0 Å². The summed E-state index contributed by atoms with van der Waals surface area (Å²) in [7, 11) is 0. The Morgan fingerprint density at radius 3 is 2.75 bits per heavy atom. The number of amides is 1. The third kappa shape index (κ3) is 3.90. The van der Waals surface area contributed by atoms with Crippen molar-refractivity contribution in [3.8, 4) is 0 Å². The molecule has 0 bridgehead atoms. The molecule has 1 saturated heterocycles. The van der Waals surface area contributed by atoms with Crippen molar-refractivity contribution in [2.45, 2.75) is 45.2 Å². The number of ether oxygens (including phenoxy) is 1. The lowest BCUT2D eigenvalue weighted by atomic mass is 9.86. The Morgan fingerprint density at radius 2 is 1.96 bits per heavy atom. The highest BCUT2D eigenvalue weighted by Gasteiger charge is 2.24. The van der Waals surface area contributed by atoms with E-state index in [1.807, 2.05) is 29.2 Å². The molecule has 7 heteroatoms. The van der Waals surface area contributed by atoms with Gasteiger partial charge in [0.05, 0.1) is 24.2 Å². The van der Waals surface area contributed by atoms with E-state index in [-0.39, 0.29) is 24.1 Å². The molecule has 7 nitrogen and oxygen atoms in total. The molecule has 2 atom stereocenters. The predicted octanol–water partition coefficient (Wildman–Crippen LogP) is 1.93. The van der Waals surface area contributed by atoms with Gasteiger partial charge in [-0.1, -0.05) is 31.9 Å². The van der Waals surface area contributed by atoms with Gasteiger partial charge in [0.1, 0.15) is 6.54 Å². The van der Waals surface area contributed by atoms with E-state index in [1.165, 1.54) is 6.42 Å². The van der Waals surface area contributed by atoms with Crippen LogP contribution in [-0.2, 0) is 16.1 Å². The van der Waals surface area contributed by atoms with Gasteiger partial charge in [0.15, 0.2) is 5.82 Å². The first-order chi connectivity index (χ1) is 13.6. The van der Waals surface area contributed by atoms with Gasteiger partial charge in [-0.05, 0) is 30.9 Å². The van der Waals surface area contributed by atoms with Gasteiger partial charge in [-0.25, -0.2) is 4.98 Å². The summed E-state index contributed by atoms with van der Waals surface area (Å²) in [6, 6.07) is 7.70. The highest BCUT2D eigenvalue weighted by atomic mass is 16.5. The zero-order valence-electron chi connectivity index (χ0n) is 16.4. The number of hydrogen-bond acceptors (Lipinski definition) is 5. The van der Waals surface area contributed by atoms with E-state index >= 15 is 0 Å².